The van der Waals surface area contributed by atoms with E-state index in [0.717, 1.165) is 4.31 Å². The second-order valence-electron chi connectivity index (χ2n) is 4.35. The molecule has 1 aliphatic rings. The largest absolute Gasteiger partial charge is 0.378 e. The molecule has 0 bridgehead atoms. The van der Waals surface area contributed by atoms with Crippen LogP contribution in [-0.4, -0.2) is 38.5 Å². The zero-order valence-electron chi connectivity index (χ0n) is 10.3. The minimum atomic E-state index is -3.82. The standard InChI is InChI=1S/C12H13ClN2O3S/c1-15(12(8-14)6-7-18-9-12)19(16,17)11-5-3-2-4-10(11)13/h2-5H,6-7,9H2,1H3/t12-/m1/s1. The average Bonchev–Trinajstić information content (AvgIpc) is 2.88. The molecule has 0 spiro atoms. The van der Waals surface area contributed by atoms with Crippen LogP contribution in [0.2, 0.25) is 5.02 Å². The van der Waals surface area contributed by atoms with Crippen LogP contribution in [0.3, 0.4) is 0 Å². The molecule has 0 amide bonds. The van der Waals surface area contributed by atoms with Gasteiger partial charge >= 0.3 is 0 Å². The molecular weight excluding hydrogens is 288 g/mol. The molecule has 19 heavy (non-hydrogen) atoms. The third-order valence-electron chi connectivity index (χ3n) is 3.29. The van der Waals surface area contributed by atoms with E-state index in [4.69, 9.17) is 16.3 Å². The van der Waals surface area contributed by atoms with E-state index in [1.165, 1.54) is 19.2 Å². The van der Waals surface area contributed by atoms with Crippen LogP contribution in [0.15, 0.2) is 29.2 Å². The van der Waals surface area contributed by atoms with Crippen LogP contribution in [0.4, 0.5) is 0 Å². The maximum atomic E-state index is 12.5. The minimum absolute atomic E-state index is 0.000640. The van der Waals surface area contributed by atoms with E-state index in [2.05, 4.69) is 6.07 Å². The normalized spacial score (nSPS) is 23.5. The highest BCUT2D eigenvalue weighted by Crippen LogP contribution is 2.32. The van der Waals surface area contributed by atoms with E-state index >= 15 is 0 Å². The molecule has 0 radical (unpaired) electrons. The first-order chi connectivity index (χ1) is 8.94. The molecule has 0 saturated carbocycles. The Kier molecular flexibility index (Phi) is 3.83. The highest BCUT2D eigenvalue weighted by atomic mass is 35.5. The topological polar surface area (TPSA) is 70.4 Å². The lowest BCUT2D eigenvalue weighted by Gasteiger charge is -2.30. The zero-order valence-corrected chi connectivity index (χ0v) is 11.9. The molecule has 0 unspecified atom stereocenters. The summed E-state index contributed by atoms with van der Waals surface area (Å²) in [6.45, 7) is 0.444. The highest BCUT2D eigenvalue weighted by molar-refractivity contribution is 7.89. The van der Waals surface area contributed by atoms with Crippen LogP contribution < -0.4 is 0 Å². The van der Waals surface area contributed by atoms with Gasteiger partial charge in [0.05, 0.1) is 17.7 Å². The molecule has 0 aromatic heterocycles. The summed E-state index contributed by atoms with van der Waals surface area (Å²) in [4.78, 5) is 0.000640. The molecule has 1 fully saturated rings. The minimum Gasteiger partial charge on any atom is -0.378 e. The lowest BCUT2D eigenvalue weighted by Crippen LogP contribution is -2.49. The SMILES string of the molecule is CN([C@@]1(C#N)CCOC1)S(=O)(=O)c1ccccc1Cl. The lowest BCUT2D eigenvalue weighted by molar-refractivity contribution is 0.162. The molecule has 1 saturated heterocycles. The lowest BCUT2D eigenvalue weighted by atomic mass is 10.0. The summed E-state index contributed by atoms with van der Waals surface area (Å²) in [5.41, 5.74) is -1.15. The smallest absolute Gasteiger partial charge is 0.245 e. The number of benzene rings is 1. The molecule has 1 aliphatic heterocycles. The summed E-state index contributed by atoms with van der Waals surface area (Å²) in [5, 5.41) is 9.44. The number of hydrogen-bond acceptors (Lipinski definition) is 4. The van der Waals surface area contributed by atoms with Gasteiger partial charge in [-0.1, -0.05) is 23.7 Å². The fourth-order valence-corrected chi connectivity index (χ4v) is 3.93. The summed E-state index contributed by atoms with van der Waals surface area (Å²) in [6, 6.07) is 8.23. The number of ether oxygens (including phenoxy) is 1. The van der Waals surface area contributed by atoms with Gasteiger partial charge in [-0.05, 0) is 12.1 Å². The maximum absolute atomic E-state index is 12.5. The van der Waals surface area contributed by atoms with Crippen molar-refractivity contribution in [1.82, 2.24) is 4.31 Å². The monoisotopic (exact) mass is 300 g/mol. The van der Waals surface area contributed by atoms with Crippen molar-refractivity contribution in [3.8, 4) is 6.07 Å². The van der Waals surface area contributed by atoms with E-state index in [0.29, 0.717) is 13.0 Å². The van der Waals surface area contributed by atoms with Crippen molar-refractivity contribution in [3.63, 3.8) is 0 Å². The summed E-state index contributed by atoms with van der Waals surface area (Å²) in [6.07, 6.45) is 0.351. The maximum Gasteiger partial charge on any atom is 0.245 e. The van der Waals surface area contributed by atoms with E-state index in [1.54, 1.807) is 12.1 Å². The van der Waals surface area contributed by atoms with Gasteiger partial charge in [-0.25, -0.2) is 8.42 Å². The molecule has 1 heterocycles. The van der Waals surface area contributed by atoms with E-state index in [-0.39, 0.29) is 16.5 Å². The predicted molar refractivity (Wildman–Crippen MR) is 70.2 cm³/mol. The van der Waals surface area contributed by atoms with Gasteiger partial charge in [0.15, 0.2) is 0 Å². The molecule has 1 atom stereocenters. The van der Waals surface area contributed by atoms with E-state index in [9.17, 15) is 13.7 Å². The van der Waals surface area contributed by atoms with E-state index in [1.807, 2.05) is 0 Å². The van der Waals surface area contributed by atoms with Crippen LogP contribution in [-0.2, 0) is 14.8 Å². The number of rotatable bonds is 3. The Morgan fingerprint density at radius 1 is 1.47 bits per heavy atom. The molecule has 1 aromatic carbocycles. The molecular formula is C12H13ClN2O3S. The van der Waals surface area contributed by atoms with Crippen molar-refractivity contribution in [2.75, 3.05) is 20.3 Å². The third-order valence-corrected chi connectivity index (χ3v) is 5.71. The number of halogens is 1. The van der Waals surface area contributed by atoms with Gasteiger partial charge in [0, 0.05) is 20.1 Å². The third kappa shape index (κ3) is 2.35. The average molecular weight is 301 g/mol. The molecule has 5 nitrogen and oxygen atoms in total. The van der Waals surface area contributed by atoms with Gasteiger partial charge in [-0.2, -0.15) is 9.57 Å². The molecule has 7 heteroatoms. The van der Waals surface area contributed by atoms with Gasteiger partial charge in [0.2, 0.25) is 10.0 Å². The van der Waals surface area contributed by atoms with Crippen LogP contribution in [0, 0.1) is 11.3 Å². The van der Waals surface area contributed by atoms with Gasteiger partial charge in [0.1, 0.15) is 10.4 Å². The van der Waals surface area contributed by atoms with Gasteiger partial charge in [0.25, 0.3) is 0 Å². The van der Waals surface area contributed by atoms with Crippen LogP contribution in [0.25, 0.3) is 0 Å². The van der Waals surface area contributed by atoms with Gasteiger partial charge in [-0.3, -0.25) is 0 Å². The number of hydrogen-bond donors (Lipinski definition) is 0. The molecule has 1 aromatic rings. The van der Waals surface area contributed by atoms with Crippen LogP contribution >= 0.6 is 11.6 Å². The van der Waals surface area contributed by atoms with Crippen molar-refractivity contribution < 1.29 is 13.2 Å². The zero-order chi connectivity index (χ0) is 14.1. The van der Waals surface area contributed by atoms with Crippen LogP contribution in [0.1, 0.15) is 6.42 Å². The Morgan fingerprint density at radius 2 is 2.16 bits per heavy atom. The fraction of sp³-hybridized carbons (Fsp3) is 0.417. The Labute approximate surface area is 117 Å². The quantitative estimate of drug-likeness (QED) is 0.851. The summed E-state index contributed by atoms with van der Waals surface area (Å²) in [7, 11) is -2.44. The number of sulfonamides is 1. The second-order valence-corrected chi connectivity index (χ2v) is 6.69. The number of likely N-dealkylation sites (N-methyl/N-ethyl adjacent to an activating group) is 1. The Hall–Kier alpha value is -1.13. The molecule has 0 N–H and O–H groups in total. The van der Waals surface area contributed by atoms with Crippen molar-refractivity contribution in [2.24, 2.45) is 0 Å². The predicted octanol–water partition coefficient (Wildman–Crippen LogP) is 1.64. The Balaban J connectivity index is 2.46. The second kappa shape index (κ2) is 5.10. The Morgan fingerprint density at radius 3 is 2.68 bits per heavy atom. The van der Waals surface area contributed by atoms with Crippen molar-refractivity contribution in [1.29, 1.82) is 5.26 Å². The number of nitriles is 1. The summed E-state index contributed by atoms with van der Waals surface area (Å²) < 4.78 is 31.3. The molecule has 2 rings (SSSR count). The van der Waals surface area contributed by atoms with Crippen LogP contribution in [0.5, 0.6) is 0 Å². The first-order valence-corrected chi connectivity index (χ1v) is 7.48. The van der Waals surface area contributed by atoms with Gasteiger partial charge < -0.3 is 4.74 Å². The molecule has 102 valence electrons. The first kappa shape index (κ1) is 14.3. The van der Waals surface area contributed by atoms with Gasteiger partial charge in [-0.15, -0.1) is 0 Å². The number of nitrogens with zero attached hydrogens (tertiary/aromatic N) is 2. The summed E-state index contributed by atoms with van der Waals surface area (Å²) >= 11 is 5.93. The van der Waals surface area contributed by atoms with Crippen molar-refractivity contribution in [2.45, 2.75) is 16.9 Å². The molecule has 0 aliphatic carbocycles. The van der Waals surface area contributed by atoms with Crippen molar-refractivity contribution >= 4 is 21.6 Å². The van der Waals surface area contributed by atoms with E-state index < -0.39 is 15.6 Å². The van der Waals surface area contributed by atoms with Crippen molar-refractivity contribution in [3.05, 3.63) is 29.3 Å². The fourth-order valence-electron chi connectivity index (χ4n) is 1.99. The summed E-state index contributed by atoms with van der Waals surface area (Å²) in [5.74, 6) is 0. The Bertz CT molecular complexity index is 618. The highest BCUT2D eigenvalue weighted by Gasteiger charge is 2.45. The first-order valence-electron chi connectivity index (χ1n) is 5.67.